The number of fused-ring (bicyclic) bond motifs is 1. The highest BCUT2D eigenvalue weighted by Gasteiger charge is 2.34. The summed E-state index contributed by atoms with van der Waals surface area (Å²) in [6.07, 6.45) is 2.82. The van der Waals surface area contributed by atoms with Gasteiger partial charge in [0.15, 0.2) is 0 Å². The third kappa shape index (κ3) is 6.44. The molecule has 1 aliphatic heterocycles. The highest BCUT2D eigenvalue weighted by Crippen LogP contribution is 2.38. The summed E-state index contributed by atoms with van der Waals surface area (Å²) in [6, 6.07) is 7.94. The molecule has 0 bridgehead atoms. The average Bonchev–Trinajstić information content (AvgIpc) is 2.87. The lowest BCUT2D eigenvalue weighted by atomic mass is 9.81. The minimum absolute atomic E-state index is 0.129. The van der Waals surface area contributed by atoms with Gasteiger partial charge in [-0.2, -0.15) is 0 Å². The van der Waals surface area contributed by atoms with Gasteiger partial charge in [0.05, 0.1) is 28.6 Å². The molecule has 1 aliphatic rings. The molecule has 6 nitrogen and oxygen atoms in total. The van der Waals surface area contributed by atoms with Crippen LogP contribution in [0.1, 0.15) is 31.0 Å². The molecule has 2 aromatic heterocycles. The molecular weight excluding hydrogens is 508 g/mol. The number of alkyl halides is 1. The van der Waals surface area contributed by atoms with E-state index in [4.69, 9.17) is 16.3 Å². The number of aromatic nitrogens is 2. The second kappa shape index (κ2) is 12.2. The third-order valence-corrected chi connectivity index (χ3v) is 7.89. The van der Waals surface area contributed by atoms with Gasteiger partial charge in [0.25, 0.3) is 0 Å². The molecular formula is C26H28ClF2N3O3S. The molecule has 4 rings (SSSR count). The summed E-state index contributed by atoms with van der Waals surface area (Å²) in [5, 5.41) is 11.3. The fourth-order valence-electron chi connectivity index (χ4n) is 4.76. The van der Waals surface area contributed by atoms with E-state index < -0.39 is 18.1 Å². The molecule has 1 saturated heterocycles. The summed E-state index contributed by atoms with van der Waals surface area (Å²) in [5.41, 5.74) is 0.994. The Kier molecular flexibility index (Phi) is 8.98. The second-order valence-corrected chi connectivity index (χ2v) is 10.4. The number of hydrogen-bond acceptors (Lipinski definition) is 6. The summed E-state index contributed by atoms with van der Waals surface area (Å²) in [5.74, 6) is -0.632. The van der Waals surface area contributed by atoms with Crippen LogP contribution in [0.4, 0.5) is 8.78 Å². The Morgan fingerprint density at radius 1 is 1.33 bits per heavy atom. The largest absolute Gasteiger partial charge is 0.497 e. The van der Waals surface area contributed by atoms with Gasteiger partial charge >= 0.3 is 5.97 Å². The van der Waals surface area contributed by atoms with Crippen molar-refractivity contribution in [1.82, 2.24) is 14.9 Å². The lowest BCUT2D eigenvalue weighted by molar-refractivity contribution is -0.146. The van der Waals surface area contributed by atoms with Crippen molar-refractivity contribution in [2.75, 3.05) is 32.5 Å². The summed E-state index contributed by atoms with van der Waals surface area (Å²) < 4.78 is 34.1. The van der Waals surface area contributed by atoms with Crippen LogP contribution in [0.25, 0.3) is 10.9 Å². The number of carbonyl (C=O) groups is 1. The van der Waals surface area contributed by atoms with Crippen molar-refractivity contribution < 1.29 is 23.4 Å². The van der Waals surface area contributed by atoms with E-state index in [1.807, 2.05) is 0 Å². The molecule has 1 aromatic carbocycles. The van der Waals surface area contributed by atoms with E-state index in [-0.39, 0.29) is 23.2 Å². The Morgan fingerprint density at radius 2 is 2.17 bits per heavy atom. The number of methoxy groups -OCH3 is 1. The van der Waals surface area contributed by atoms with E-state index >= 15 is 4.39 Å². The van der Waals surface area contributed by atoms with E-state index in [0.29, 0.717) is 58.9 Å². The maximum Gasteiger partial charge on any atom is 0.308 e. The number of benzene rings is 1. The number of ether oxygens (including phenoxy) is 1. The van der Waals surface area contributed by atoms with Crippen LogP contribution in [0, 0.1) is 17.7 Å². The zero-order valence-corrected chi connectivity index (χ0v) is 21.4. The van der Waals surface area contributed by atoms with Gasteiger partial charge in [0, 0.05) is 48.3 Å². The smallest absolute Gasteiger partial charge is 0.308 e. The molecule has 3 heterocycles. The minimum Gasteiger partial charge on any atom is -0.497 e. The number of piperidine rings is 1. The Hall–Kier alpha value is -2.49. The highest BCUT2D eigenvalue weighted by molar-refractivity contribution is 7.99. The molecule has 3 atom stereocenters. The number of hydrogen-bond donors (Lipinski definition) is 1. The van der Waals surface area contributed by atoms with Gasteiger partial charge in [-0.3, -0.25) is 9.78 Å². The fourth-order valence-corrected chi connectivity index (χ4v) is 5.92. The van der Waals surface area contributed by atoms with Gasteiger partial charge in [-0.25, -0.2) is 13.8 Å². The molecule has 1 N–H and O–H groups in total. The first-order chi connectivity index (χ1) is 17.4. The molecule has 0 aliphatic carbocycles. The zero-order valence-electron chi connectivity index (χ0n) is 19.9. The molecule has 0 saturated carbocycles. The van der Waals surface area contributed by atoms with Gasteiger partial charge in [-0.05, 0) is 56.0 Å². The van der Waals surface area contributed by atoms with Crippen LogP contribution in [0.2, 0.25) is 5.02 Å². The predicted octanol–water partition coefficient (Wildman–Crippen LogP) is 6.04. The van der Waals surface area contributed by atoms with Gasteiger partial charge in [-0.15, -0.1) is 11.8 Å². The predicted molar refractivity (Wildman–Crippen MR) is 137 cm³/mol. The number of thioether (sulfide) groups is 1. The normalized spacial score (nSPS) is 19.3. The molecule has 0 amide bonds. The van der Waals surface area contributed by atoms with Crippen molar-refractivity contribution in [2.45, 2.75) is 30.5 Å². The topological polar surface area (TPSA) is 75.5 Å². The molecule has 0 unspecified atom stereocenters. The molecule has 1 fully saturated rings. The maximum absolute atomic E-state index is 15.5. The van der Waals surface area contributed by atoms with Crippen LogP contribution in [-0.2, 0) is 4.79 Å². The van der Waals surface area contributed by atoms with E-state index in [0.717, 1.165) is 6.54 Å². The number of rotatable bonds is 10. The Labute approximate surface area is 218 Å². The summed E-state index contributed by atoms with van der Waals surface area (Å²) in [7, 11) is 1.54. The Bertz CT molecular complexity index is 1220. The van der Waals surface area contributed by atoms with E-state index in [2.05, 4.69) is 14.9 Å². The number of likely N-dealkylation sites (tertiary alicyclic amines) is 1. The molecule has 0 radical (unpaired) electrons. The Morgan fingerprint density at radius 3 is 2.92 bits per heavy atom. The van der Waals surface area contributed by atoms with Crippen molar-refractivity contribution >= 4 is 40.2 Å². The average molecular weight is 536 g/mol. The van der Waals surface area contributed by atoms with Crippen LogP contribution in [0.5, 0.6) is 5.75 Å². The second-order valence-electron chi connectivity index (χ2n) is 8.90. The summed E-state index contributed by atoms with van der Waals surface area (Å²) in [4.78, 5) is 22.6. The summed E-state index contributed by atoms with van der Waals surface area (Å²) in [6.45, 7) is 1.81. The molecule has 192 valence electrons. The van der Waals surface area contributed by atoms with E-state index in [9.17, 15) is 14.3 Å². The number of pyridine rings is 2. The van der Waals surface area contributed by atoms with Crippen LogP contribution >= 0.6 is 23.4 Å². The lowest BCUT2D eigenvalue weighted by Crippen LogP contribution is -2.44. The van der Waals surface area contributed by atoms with Crippen molar-refractivity contribution in [3.05, 3.63) is 59.1 Å². The molecule has 36 heavy (non-hydrogen) atoms. The first kappa shape index (κ1) is 26.6. The minimum atomic E-state index is -1.35. The number of carboxylic acid groups (broad SMARTS) is 1. The van der Waals surface area contributed by atoms with Crippen molar-refractivity contribution in [3.8, 4) is 5.75 Å². The number of halogens is 3. The SMILES string of the molecule is COc1ccc2ncc(Cl)c([C@@H](F)CC[C@H]3CCN(CCSc4cc(F)ccn4)C[C@H]3C(=O)O)c2c1. The van der Waals surface area contributed by atoms with Crippen molar-refractivity contribution in [3.63, 3.8) is 0 Å². The standard InChI is InChI=1S/C26H28ClF2N3O3S/c1-35-18-3-5-23-19(13-18)25(21(27)14-31-23)22(29)4-2-16-7-9-32(15-20(16)26(33)34)10-11-36-24-12-17(28)6-8-30-24/h3,5-6,8,12-14,16,20,22H,2,4,7,9-11,15H2,1H3,(H,33,34)/t16-,20+,22-/m0/s1. The van der Waals surface area contributed by atoms with Gasteiger partial charge in [0.1, 0.15) is 17.7 Å². The molecule has 3 aromatic rings. The third-order valence-electron chi connectivity index (χ3n) is 6.68. The quantitative estimate of drug-likeness (QED) is 0.317. The maximum atomic E-state index is 15.5. The van der Waals surface area contributed by atoms with Crippen LogP contribution in [0.15, 0.2) is 47.8 Å². The van der Waals surface area contributed by atoms with Crippen LogP contribution < -0.4 is 4.74 Å². The van der Waals surface area contributed by atoms with Crippen LogP contribution in [-0.4, -0.2) is 58.4 Å². The number of carboxylic acids is 1. The number of aliphatic carboxylic acids is 1. The highest BCUT2D eigenvalue weighted by atomic mass is 35.5. The van der Waals surface area contributed by atoms with Gasteiger partial charge < -0.3 is 14.7 Å². The van der Waals surface area contributed by atoms with E-state index in [1.165, 1.54) is 36.3 Å². The van der Waals surface area contributed by atoms with Crippen molar-refractivity contribution in [2.24, 2.45) is 11.8 Å². The molecule has 0 spiro atoms. The molecule has 10 heteroatoms. The van der Waals surface area contributed by atoms with Crippen LogP contribution in [0.3, 0.4) is 0 Å². The zero-order chi connectivity index (χ0) is 25.7. The first-order valence-corrected chi connectivity index (χ1v) is 13.2. The van der Waals surface area contributed by atoms with E-state index in [1.54, 1.807) is 25.3 Å². The van der Waals surface area contributed by atoms with Crippen molar-refractivity contribution in [1.29, 1.82) is 0 Å². The number of nitrogens with zero attached hydrogens (tertiary/aromatic N) is 3. The van der Waals surface area contributed by atoms with Gasteiger partial charge in [-0.1, -0.05) is 11.6 Å². The summed E-state index contributed by atoms with van der Waals surface area (Å²) >= 11 is 7.78. The first-order valence-electron chi connectivity index (χ1n) is 11.8. The lowest BCUT2D eigenvalue weighted by Gasteiger charge is -2.36. The van der Waals surface area contributed by atoms with Gasteiger partial charge in [0.2, 0.25) is 0 Å². The Balaban J connectivity index is 1.36. The fraction of sp³-hybridized carbons (Fsp3) is 0.423. The monoisotopic (exact) mass is 535 g/mol.